The highest BCUT2D eigenvalue weighted by Gasteiger charge is 2.28. The van der Waals surface area contributed by atoms with Gasteiger partial charge in [0.15, 0.2) is 9.84 Å². The van der Waals surface area contributed by atoms with Crippen molar-refractivity contribution >= 4 is 33.4 Å². The monoisotopic (exact) mass is 457 g/mol. The number of nitrogens with one attached hydrogen (secondary N) is 2. The number of carbonyl (C=O) groups is 2. The SMILES string of the molecule is O=C(NC(CS(=O)(=O)c1ccc(Sc2ccccc2)cc1)C(=O)NO)c1ccncc1. The molecule has 1 atom stereocenters. The summed E-state index contributed by atoms with van der Waals surface area (Å²) in [5, 5.41) is 11.3. The molecule has 1 heterocycles. The molecule has 0 bridgehead atoms. The van der Waals surface area contributed by atoms with E-state index in [1.165, 1.54) is 53.9 Å². The van der Waals surface area contributed by atoms with Gasteiger partial charge in [0, 0.05) is 27.7 Å². The van der Waals surface area contributed by atoms with Gasteiger partial charge < -0.3 is 5.32 Å². The van der Waals surface area contributed by atoms with Crippen LogP contribution in [0.15, 0.2) is 93.8 Å². The number of aromatic nitrogens is 1. The lowest BCUT2D eigenvalue weighted by Gasteiger charge is -2.17. The molecule has 0 radical (unpaired) electrons. The van der Waals surface area contributed by atoms with Crippen molar-refractivity contribution in [1.82, 2.24) is 15.8 Å². The molecule has 3 rings (SSSR count). The van der Waals surface area contributed by atoms with E-state index in [-0.39, 0.29) is 10.5 Å². The number of rotatable bonds is 8. The summed E-state index contributed by atoms with van der Waals surface area (Å²) in [6.07, 6.45) is 2.78. The summed E-state index contributed by atoms with van der Waals surface area (Å²) in [7, 11) is -3.94. The number of hydroxylamine groups is 1. The van der Waals surface area contributed by atoms with E-state index in [0.29, 0.717) is 0 Å². The lowest BCUT2D eigenvalue weighted by molar-refractivity contribution is -0.130. The molecule has 2 aromatic carbocycles. The summed E-state index contributed by atoms with van der Waals surface area (Å²) in [5.41, 5.74) is 1.60. The number of nitrogens with zero attached hydrogens (tertiary/aromatic N) is 1. The summed E-state index contributed by atoms with van der Waals surface area (Å²) in [6.45, 7) is 0. The van der Waals surface area contributed by atoms with Gasteiger partial charge in [-0.2, -0.15) is 0 Å². The Morgan fingerprint density at radius 2 is 1.55 bits per heavy atom. The van der Waals surface area contributed by atoms with E-state index < -0.39 is 33.4 Å². The molecule has 1 aromatic heterocycles. The number of sulfone groups is 1. The fourth-order valence-corrected chi connectivity index (χ4v) is 4.92. The van der Waals surface area contributed by atoms with Gasteiger partial charge in [0.1, 0.15) is 6.04 Å². The first kappa shape index (κ1) is 22.5. The van der Waals surface area contributed by atoms with Gasteiger partial charge in [-0.25, -0.2) is 13.9 Å². The van der Waals surface area contributed by atoms with Gasteiger partial charge in [-0.15, -0.1) is 0 Å². The third-order valence-electron chi connectivity index (χ3n) is 4.22. The fraction of sp³-hybridized carbons (Fsp3) is 0.0952. The highest BCUT2D eigenvalue weighted by Crippen LogP contribution is 2.28. The van der Waals surface area contributed by atoms with Gasteiger partial charge in [-0.3, -0.25) is 19.8 Å². The van der Waals surface area contributed by atoms with Gasteiger partial charge in [0.2, 0.25) is 0 Å². The Hall–Kier alpha value is -3.21. The van der Waals surface area contributed by atoms with Gasteiger partial charge in [0.05, 0.1) is 10.6 Å². The first-order valence-corrected chi connectivity index (χ1v) is 11.6. The van der Waals surface area contributed by atoms with E-state index in [9.17, 15) is 18.0 Å². The van der Waals surface area contributed by atoms with Crippen LogP contribution in [0.4, 0.5) is 0 Å². The molecule has 3 N–H and O–H groups in total. The van der Waals surface area contributed by atoms with Gasteiger partial charge in [0.25, 0.3) is 11.8 Å². The molecule has 0 saturated heterocycles. The van der Waals surface area contributed by atoms with Crippen molar-refractivity contribution in [2.75, 3.05) is 5.75 Å². The largest absolute Gasteiger partial charge is 0.339 e. The van der Waals surface area contributed by atoms with Crippen LogP contribution in [0.1, 0.15) is 10.4 Å². The fourth-order valence-electron chi connectivity index (χ4n) is 2.66. The van der Waals surface area contributed by atoms with E-state index in [0.717, 1.165) is 9.79 Å². The number of hydrogen-bond acceptors (Lipinski definition) is 7. The number of carbonyl (C=O) groups excluding carboxylic acids is 2. The molecule has 0 spiro atoms. The van der Waals surface area contributed by atoms with E-state index in [1.807, 2.05) is 30.3 Å². The molecule has 0 aliphatic heterocycles. The minimum atomic E-state index is -3.94. The van der Waals surface area contributed by atoms with Crippen LogP contribution in [0.2, 0.25) is 0 Å². The van der Waals surface area contributed by atoms with E-state index in [2.05, 4.69) is 10.3 Å². The standard InChI is InChI=1S/C21H19N3O5S2/c25-20(15-10-12-22-13-11-15)23-19(21(26)24-27)14-31(28,29)18-8-6-17(7-9-18)30-16-4-2-1-3-5-16/h1-13,19,27H,14H2,(H,23,25)(H,24,26). The van der Waals surface area contributed by atoms with Crippen molar-refractivity contribution in [3.63, 3.8) is 0 Å². The molecule has 31 heavy (non-hydrogen) atoms. The predicted molar refractivity (Wildman–Crippen MR) is 114 cm³/mol. The smallest absolute Gasteiger partial charge is 0.266 e. The van der Waals surface area contributed by atoms with Gasteiger partial charge in [-0.1, -0.05) is 30.0 Å². The number of amides is 2. The Bertz CT molecular complexity index is 1140. The molecule has 3 aromatic rings. The molecule has 0 fully saturated rings. The zero-order valence-electron chi connectivity index (χ0n) is 16.1. The van der Waals surface area contributed by atoms with Crippen molar-refractivity contribution in [2.45, 2.75) is 20.7 Å². The maximum Gasteiger partial charge on any atom is 0.266 e. The third-order valence-corrected chi connectivity index (χ3v) is 7.00. The molecule has 10 heteroatoms. The maximum absolute atomic E-state index is 12.8. The van der Waals surface area contributed by atoms with Gasteiger partial charge >= 0.3 is 0 Å². The van der Waals surface area contributed by atoms with Crippen LogP contribution in [0, 0.1) is 0 Å². The second-order valence-electron chi connectivity index (χ2n) is 6.41. The molecular formula is C21H19N3O5S2. The molecule has 8 nitrogen and oxygen atoms in total. The summed E-state index contributed by atoms with van der Waals surface area (Å²) in [4.78, 5) is 30.0. The highest BCUT2D eigenvalue weighted by molar-refractivity contribution is 7.99. The normalized spacial score (nSPS) is 12.0. The zero-order valence-corrected chi connectivity index (χ0v) is 17.8. The van der Waals surface area contributed by atoms with Crippen LogP contribution < -0.4 is 10.8 Å². The van der Waals surface area contributed by atoms with Crippen LogP contribution in [0.25, 0.3) is 0 Å². The zero-order chi connectivity index (χ0) is 22.3. The maximum atomic E-state index is 12.8. The summed E-state index contributed by atoms with van der Waals surface area (Å²) in [6, 6.07) is 17.2. The molecule has 0 aliphatic rings. The molecular weight excluding hydrogens is 438 g/mol. The Morgan fingerprint density at radius 1 is 0.935 bits per heavy atom. The van der Waals surface area contributed by atoms with Crippen molar-refractivity contribution in [2.24, 2.45) is 0 Å². The van der Waals surface area contributed by atoms with Crippen LogP contribution >= 0.6 is 11.8 Å². The van der Waals surface area contributed by atoms with Gasteiger partial charge in [-0.05, 0) is 48.5 Å². The van der Waals surface area contributed by atoms with Crippen molar-refractivity contribution in [1.29, 1.82) is 0 Å². The number of benzene rings is 2. The topological polar surface area (TPSA) is 125 Å². The first-order chi connectivity index (χ1) is 14.9. The lowest BCUT2D eigenvalue weighted by atomic mass is 10.2. The van der Waals surface area contributed by atoms with Crippen molar-refractivity contribution in [3.05, 3.63) is 84.7 Å². The summed E-state index contributed by atoms with van der Waals surface area (Å²) in [5.74, 6) is -2.43. The summed E-state index contributed by atoms with van der Waals surface area (Å²) < 4.78 is 25.6. The number of hydrogen-bond donors (Lipinski definition) is 3. The summed E-state index contributed by atoms with van der Waals surface area (Å²) >= 11 is 1.48. The number of pyridine rings is 1. The van der Waals surface area contributed by atoms with Crippen LogP contribution in [-0.2, 0) is 14.6 Å². The van der Waals surface area contributed by atoms with Crippen LogP contribution in [0.5, 0.6) is 0 Å². The predicted octanol–water partition coefficient (Wildman–Crippen LogP) is 2.31. The Morgan fingerprint density at radius 3 is 2.16 bits per heavy atom. The van der Waals surface area contributed by atoms with Crippen LogP contribution in [0.3, 0.4) is 0 Å². The Labute approximate surface area is 183 Å². The Kier molecular flexibility index (Phi) is 7.40. The highest BCUT2D eigenvalue weighted by atomic mass is 32.2. The molecule has 0 saturated carbocycles. The Balaban J connectivity index is 1.74. The second-order valence-corrected chi connectivity index (χ2v) is 9.59. The lowest BCUT2D eigenvalue weighted by Crippen LogP contribution is -2.49. The van der Waals surface area contributed by atoms with Crippen LogP contribution in [-0.4, -0.2) is 42.2 Å². The first-order valence-electron chi connectivity index (χ1n) is 9.09. The van der Waals surface area contributed by atoms with E-state index in [1.54, 1.807) is 12.1 Å². The molecule has 160 valence electrons. The molecule has 1 unspecified atom stereocenters. The molecule has 2 amide bonds. The molecule has 0 aliphatic carbocycles. The van der Waals surface area contributed by atoms with Crippen molar-refractivity contribution in [3.8, 4) is 0 Å². The minimum Gasteiger partial charge on any atom is -0.339 e. The van der Waals surface area contributed by atoms with E-state index >= 15 is 0 Å². The van der Waals surface area contributed by atoms with E-state index in [4.69, 9.17) is 5.21 Å². The second kappa shape index (κ2) is 10.2. The third kappa shape index (κ3) is 6.14. The average Bonchev–Trinajstić information content (AvgIpc) is 2.79. The average molecular weight is 458 g/mol. The minimum absolute atomic E-state index is 0.00110. The van der Waals surface area contributed by atoms with Crippen molar-refractivity contribution < 1.29 is 23.2 Å². The quantitative estimate of drug-likeness (QED) is 0.350.